The molecule has 0 bridgehead atoms. The molecule has 0 radical (unpaired) electrons. The summed E-state index contributed by atoms with van der Waals surface area (Å²) < 4.78 is 12.8. The zero-order valence-corrected chi connectivity index (χ0v) is 11.7. The average molecular weight is 259 g/mol. The summed E-state index contributed by atoms with van der Waals surface area (Å²) in [6.07, 6.45) is 3.39. The number of nitrogens with one attached hydrogen (secondary N) is 1. The minimum absolute atomic E-state index is 0.583. The van der Waals surface area contributed by atoms with Crippen molar-refractivity contribution >= 4 is 22.1 Å². The Morgan fingerprint density at radius 1 is 1.50 bits per heavy atom. The van der Waals surface area contributed by atoms with Gasteiger partial charge in [0.1, 0.15) is 0 Å². The van der Waals surface area contributed by atoms with E-state index >= 15 is 0 Å². The molecule has 2 nitrogen and oxygen atoms in total. The third-order valence-corrected chi connectivity index (χ3v) is 5.24. The molecule has 0 aliphatic carbocycles. The van der Waals surface area contributed by atoms with Gasteiger partial charge in [0, 0.05) is 11.8 Å². The molecule has 0 fully saturated rings. The molecule has 1 rings (SSSR count). The quantitative estimate of drug-likeness (QED) is 0.727. The number of unbranched alkanes of at least 4 members (excludes halogenated alkanes) is 1. The number of hydrogen-bond acceptors (Lipinski definition) is 3. The van der Waals surface area contributed by atoms with Crippen LogP contribution in [0.25, 0.3) is 0 Å². The molecule has 1 aromatic heterocycles. The van der Waals surface area contributed by atoms with Crippen molar-refractivity contribution < 1.29 is 4.21 Å². The topological polar surface area (TPSA) is 29.1 Å². The summed E-state index contributed by atoms with van der Waals surface area (Å²) in [6.45, 7) is 5.37. The minimum Gasteiger partial charge on any atom is -0.315 e. The fourth-order valence-corrected chi connectivity index (χ4v) is 3.82. The van der Waals surface area contributed by atoms with Crippen molar-refractivity contribution in [2.45, 2.75) is 43.4 Å². The van der Waals surface area contributed by atoms with Gasteiger partial charge < -0.3 is 5.32 Å². The van der Waals surface area contributed by atoms with Crippen LogP contribution in [0, 0.1) is 0 Å². The molecule has 0 aliphatic heterocycles. The van der Waals surface area contributed by atoms with Gasteiger partial charge in [-0.05, 0) is 37.8 Å². The Bertz CT molecular complexity index is 298. The van der Waals surface area contributed by atoms with Crippen LogP contribution >= 0.6 is 11.3 Å². The summed E-state index contributed by atoms with van der Waals surface area (Å²) in [5.74, 6) is 0.805. The second kappa shape index (κ2) is 7.98. The van der Waals surface area contributed by atoms with E-state index in [1.165, 1.54) is 6.42 Å². The van der Waals surface area contributed by atoms with E-state index in [2.05, 4.69) is 19.2 Å². The monoisotopic (exact) mass is 259 g/mol. The van der Waals surface area contributed by atoms with Crippen LogP contribution in [0.2, 0.25) is 0 Å². The van der Waals surface area contributed by atoms with Crippen LogP contribution in [0.5, 0.6) is 0 Å². The van der Waals surface area contributed by atoms with Crippen molar-refractivity contribution in [2.24, 2.45) is 0 Å². The van der Waals surface area contributed by atoms with Gasteiger partial charge in [-0.2, -0.15) is 0 Å². The maximum Gasteiger partial charge on any atom is 0.0910 e. The van der Waals surface area contributed by atoms with Gasteiger partial charge in [0.15, 0.2) is 0 Å². The lowest BCUT2D eigenvalue weighted by molar-refractivity contribution is 0.509. The first-order valence-corrected chi connectivity index (χ1v) is 8.09. The van der Waals surface area contributed by atoms with E-state index in [1.54, 1.807) is 11.3 Å². The summed E-state index contributed by atoms with van der Waals surface area (Å²) in [4.78, 5) is 0. The van der Waals surface area contributed by atoms with E-state index in [9.17, 15) is 4.21 Å². The first-order valence-electron chi connectivity index (χ1n) is 5.89. The Kier molecular flexibility index (Phi) is 6.92. The molecular formula is C12H21NOS2. The first-order chi connectivity index (χ1) is 7.74. The predicted octanol–water partition coefficient (Wildman–Crippen LogP) is 3.02. The largest absolute Gasteiger partial charge is 0.315 e. The standard InChI is InChI=1S/C12H21NOS2/c1-3-13-11(2)7-4-5-10-16(14)12-8-6-9-15-12/h6,8-9,11,13H,3-5,7,10H2,1-2H3. The third-order valence-electron chi connectivity index (χ3n) is 2.49. The van der Waals surface area contributed by atoms with Gasteiger partial charge in [-0.15, -0.1) is 11.3 Å². The predicted molar refractivity (Wildman–Crippen MR) is 72.6 cm³/mol. The highest BCUT2D eigenvalue weighted by Crippen LogP contribution is 2.15. The Morgan fingerprint density at radius 2 is 2.31 bits per heavy atom. The van der Waals surface area contributed by atoms with Gasteiger partial charge in [0.25, 0.3) is 0 Å². The van der Waals surface area contributed by atoms with Crippen LogP contribution in [0.1, 0.15) is 33.1 Å². The third kappa shape index (κ3) is 5.23. The van der Waals surface area contributed by atoms with Gasteiger partial charge >= 0.3 is 0 Å². The highest BCUT2D eigenvalue weighted by molar-refractivity contribution is 7.87. The Labute approximate surface area is 105 Å². The van der Waals surface area contributed by atoms with Gasteiger partial charge in [0.2, 0.25) is 0 Å². The molecule has 0 amide bonds. The zero-order valence-electron chi connectivity index (χ0n) is 10.1. The molecular weight excluding hydrogens is 238 g/mol. The van der Waals surface area contributed by atoms with Crippen molar-refractivity contribution in [3.05, 3.63) is 17.5 Å². The van der Waals surface area contributed by atoms with E-state index < -0.39 is 10.8 Å². The summed E-state index contributed by atoms with van der Waals surface area (Å²) in [5.41, 5.74) is 0. The molecule has 2 unspecified atom stereocenters. The van der Waals surface area contributed by atoms with Gasteiger partial charge in [-0.25, -0.2) is 0 Å². The normalized spacial score (nSPS) is 14.9. The molecule has 0 spiro atoms. The van der Waals surface area contributed by atoms with Crippen molar-refractivity contribution in [3.8, 4) is 0 Å². The zero-order chi connectivity index (χ0) is 11.8. The van der Waals surface area contributed by atoms with Crippen LogP contribution in [0.15, 0.2) is 21.7 Å². The van der Waals surface area contributed by atoms with E-state index in [0.29, 0.717) is 6.04 Å². The molecule has 4 heteroatoms. The molecule has 16 heavy (non-hydrogen) atoms. The van der Waals surface area contributed by atoms with E-state index in [-0.39, 0.29) is 0 Å². The number of hydrogen-bond donors (Lipinski definition) is 1. The first kappa shape index (κ1) is 13.9. The summed E-state index contributed by atoms with van der Waals surface area (Å²) in [6, 6.07) is 4.51. The molecule has 92 valence electrons. The van der Waals surface area contributed by atoms with E-state index in [1.807, 2.05) is 17.5 Å². The Hall–Kier alpha value is -0.190. The molecule has 0 aromatic carbocycles. The number of thiophene rings is 1. The Morgan fingerprint density at radius 3 is 2.94 bits per heavy atom. The maximum absolute atomic E-state index is 11.8. The van der Waals surface area contributed by atoms with Crippen LogP contribution < -0.4 is 5.32 Å². The lowest BCUT2D eigenvalue weighted by Crippen LogP contribution is -2.25. The highest BCUT2D eigenvalue weighted by Gasteiger charge is 2.05. The van der Waals surface area contributed by atoms with Crippen LogP contribution in [0.3, 0.4) is 0 Å². The minimum atomic E-state index is -0.773. The van der Waals surface area contributed by atoms with Crippen molar-refractivity contribution in [1.82, 2.24) is 5.32 Å². The molecule has 0 aliphatic rings. The molecule has 1 heterocycles. The summed E-state index contributed by atoms with van der Waals surface area (Å²) in [5, 5.41) is 5.37. The van der Waals surface area contributed by atoms with Gasteiger partial charge in [-0.1, -0.05) is 19.4 Å². The molecule has 0 saturated carbocycles. The second-order valence-electron chi connectivity index (χ2n) is 3.94. The molecule has 1 N–H and O–H groups in total. The van der Waals surface area contributed by atoms with Crippen LogP contribution in [0.4, 0.5) is 0 Å². The van der Waals surface area contributed by atoms with Crippen LogP contribution in [-0.4, -0.2) is 22.5 Å². The Balaban J connectivity index is 2.09. The van der Waals surface area contributed by atoms with Crippen LogP contribution in [-0.2, 0) is 10.8 Å². The second-order valence-corrected chi connectivity index (χ2v) is 6.68. The van der Waals surface area contributed by atoms with Gasteiger partial charge in [0.05, 0.1) is 15.0 Å². The van der Waals surface area contributed by atoms with Crippen molar-refractivity contribution in [3.63, 3.8) is 0 Å². The van der Waals surface area contributed by atoms with Gasteiger partial charge in [-0.3, -0.25) is 4.21 Å². The van der Waals surface area contributed by atoms with E-state index in [4.69, 9.17) is 0 Å². The van der Waals surface area contributed by atoms with E-state index in [0.717, 1.165) is 29.3 Å². The van der Waals surface area contributed by atoms with Crippen molar-refractivity contribution in [2.75, 3.05) is 12.3 Å². The lowest BCUT2D eigenvalue weighted by Gasteiger charge is -2.11. The highest BCUT2D eigenvalue weighted by atomic mass is 32.2. The fourth-order valence-electron chi connectivity index (χ4n) is 1.63. The summed E-state index contributed by atoms with van der Waals surface area (Å²) >= 11 is 1.59. The summed E-state index contributed by atoms with van der Waals surface area (Å²) in [7, 11) is -0.773. The fraction of sp³-hybridized carbons (Fsp3) is 0.667. The molecule has 0 saturated heterocycles. The average Bonchev–Trinajstić information content (AvgIpc) is 2.78. The SMILES string of the molecule is CCNC(C)CCCCS(=O)c1cccs1. The number of rotatable bonds is 8. The maximum atomic E-state index is 11.8. The van der Waals surface area contributed by atoms with Crippen molar-refractivity contribution in [1.29, 1.82) is 0 Å². The molecule has 2 atom stereocenters. The lowest BCUT2D eigenvalue weighted by atomic mass is 10.1. The smallest absolute Gasteiger partial charge is 0.0910 e. The molecule has 1 aromatic rings.